The molecule has 40 heavy (non-hydrogen) atoms. The van der Waals surface area contributed by atoms with Crippen LogP contribution in [0.5, 0.6) is 0 Å². The second-order valence-corrected chi connectivity index (χ2v) is 10.3. The van der Waals surface area contributed by atoms with E-state index in [1.54, 1.807) is 24.3 Å². The van der Waals surface area contributed by atoms with Crippen LogP contribution in [-0.2, 0) is 21.4 Å². The Hall–Kier alpha value is -3.85. The molecule has 0 aliphatic heterocycles. The number of carbonyl (C=O) groups excluding carboxylic acids is 2. The number of esters is 1. The minimum absolute atomic E-state index is 0.255. The molecule has 3 aromatic carbocycles. The number of methoxy groups -OCH3 is 1. The Labute approximate surface area is 234 Å². The van der Waals surface area contributed by atoms with Gasteiger partial charge in [-0.3, -0.25) is 14.3 Å². The largest absolute Gasteiger partial charge is 0.465 e. The normalized spacial score (nSPS) is 15.2. The Morgan fingerprint density at radius 2 is 1.68 bits per heavy atom. The van der Waals surface area contributed by atoms with Crippen LogP contribution in [0.4, 0.5) is 18.9 Å². The fourth-order valence-electron chi connectivity index (χ4n) is 5.79. The monoisotopic (exact) mass is 569 g/mol. The second kappa shape index (κ2) is 10.6. The number of imidazole rings is 1. The van der Waals surface area contributed by atoms with Crippen molar-refractivity contribution >= 4 is 40.2 Å². The van der Waals surface area contributed by atoms with Gasteiger partial charge in [-0.25, -0.2) is 9.78 Å². The molecule has 1 fully saturated rings. The lowest BCUT2D eigenvalue weighted by Crippen LogP contribution is -2.55. The lowest BCUT2D eigenvalue weighted by atomic mass is 9.85. The minimum atomic E-state index is -4.85. The van der Waals surface area contributed by atoms with Crippen LogP contribution in [0.2, 0.25) is 5.02 Å². The first kappa shape index (κ1) is 27.7. The molecule has 1 saturated carbocycles. The van der Waals surface area contributed by atoms with Gasteiger partial charge >= 0.3 is 12.1 Å². The SMILES string of the molecule is COC(=O)c1ccc(N(C(C)=O)C2(n3c(-c4ccc(Cl)cc4)nc4ccccc43)CCCCC2)c(C(F)(F)F)c1. The van der Waals surface area contributed by atoms with Crippen molar-refractivity contribution in [1.82, 2.24) is 9.55 Å². The summed E-state index contributed by atoms with van der Waals surface area (Å²) in [6, 6.07) is 17.6. The lowest BCUT2D eigenvalue weighted by Gasteiger charge is -2.48. The van der Waals surface area contributed by atoms with Crippen LogP contribution in [0.3, 0.4) is 0 Å². The number of hydrogen-bond donors (Lipinski definition) is 0. The number of amides is 1. The average Bonchev–Trinajstić information content (AvgIpc) is 3.33. The summed E-state index contributed by atoms with van der Waals surface area (Å²) < 4.78 is 50.3. The summed E-state index contributed by atoms with van der Waals surface area (Å²) >= 11 is 6.15. The summed E-state index contributed by atoms with van der Waals surface area (Å²) in [5.74, 6) is -0.937. The van der Waals surface area contributed by atoms with Gasteiger partial charge in [0, 0.05) is 17.5 Å². The van der Waals surface area contributed by atoms with E-state index in [9.17, 15) is 22.8 Å². The maximum absolute atomic E-state index is 14.6. The Bertz CT molecular complexity index is 1570. The minimum Gasteiger partial charge on any atom is -0.465 e. The van der Waals surface area contributed by atoms with E-state index in [0.29, 0.717) is 53.1 Å². The van der Waals surface area contributed by atoms with Crippen molar-refractivity contribution in [3.63, 3.8) is 0 Å². The van der Waals surface area contributed by atoms with E-state index in [2.05, 4.69) is 4.74 Å². The number of benzene rings is 3. The molecule has 1 amide bonds. The molecule has 0 unspecified atom stereocenters. The highest BCUT2D eigenvalue weighted by Gasteiger charge is 2.47. The van der Waals surface area contributed by atoms with Crippen LogP contribution in [-0.4, -0.2) is 28.5 Å². The zero-order valence-electron chi connectivity index (χ0n) is 22.0. The maximum Gasteiger partial charge on any atom is 0.418 e. The highest BCUT2D eigenvalue weighted by atomic mass is 35.5. The van der Waals surface area contributed by atoms with Gasteiger partial charge in [0.25, 0.3) is 0 Å². The first-order valence-electron chi connectivity index (χ1n) is 12.9. The number of fused-ring (bicyclic) bond motifs is 1. The maximum atomic E-state index is 14.6. The zero-order valence-corrected chi connectivity index (χ0v) is 22.7. The fraction of sp³-hybridized carbons (Fsp3) is 0.300. The van der Waals surface area contributed by atoms with Gasteiger partial charge in [0.2, 0.25) is 5.91 Å². The van der Waals surface area contributed by atoms with Gasteiger partial charge in [0.15, 0.2) is 0 Å². The smallest absolute Gasteiger partial charge is 0.418 e. The van der Waals surface area contributed by atoms with Crippen molar-refractivity contribution in [3.8, 4) is 11.4 Å². The predicted molar refractivity (Wildman–Crippen MR) is 147 cm³/mol. The van der Waals surface area contributed by atoms with Crippen LogP contribution in [0, 0.1) is 0 Å². The van der Waals surface area contributed by atoms with E-state index in [0.717, 1.165) is 19.6 Å². The molecular weight excluding hydrogens is 543 g/mol. The molecule has 0 spiro atoms. The highest BCUT2D eigenvalue weighted by molar-refractivity contribution is 6.30. The van der Waals surface area contributed by atoms with Gasteiger partial charge in [-0.1, -0.05) is 30.2 Å². The molecule has 0 saturated heterocycles. The molecule has 208 valence electrons. The van der Waals surface area contributed by atoms with Gasteiger partial charge in [-0.15, -0.1) is 0 Å². The number of ether oxygens (including phenoxy) is 1. The molecule has 0 N–H and O–H groups in total. The summed E-state index contributed by atoms with van der Waals surface area (Å²) in [7, 11) is 1.10. The molecule has 0 radical (unpaired) electrons. The quantitative estimate of drug-likeness (QED) is 0.230. The third-order valence-corrected chi connectivity index (χ3v) is 7.68. The molecule has 0 atom stereocenters. The molecule has 10 heteroatoms. The number of aromatic nitrogens is 2. The van der Waals surface area contributed by atoms with Gasteiger partial charge in [0.1, 0.15) is 11.5 Å². The average molecular weight is 570 g/mol. The Morgan fingerprint density at radius 1 is 1.00 bits per heavy atom. The summed E-state index contributed by atoms with van der Waals surface area (Å²) in [6.07, 6.45) is -1.77. The summed E-state index contributed by atoms with van der Waals surface area (Å²) in [5, 5.41) is 0.532. The van der Waals surface area contributed by atoms with Crippen molar-refractivity contribution in [3.05, 3.63) is 82.9 Å². The van der Waals surface area contributed by atoms with E-state index in [4.69, 9.17) is 16.6 Å². The van der Waals surface area contributed by atoms with Crippen molar-refractivity contribution in [2.45, 2.75) is 50.9 Å². The molecule has 6 nitrogen and oxygen atoms in total. The second-order valence-electron chi connectivity index (χ2n) is 9.89. The van der Waals surface area contributed by atoms with E-state index in [-0.39, 0.29) is 11.3 Å². The van der Waals surface area contributed by atoms with E-state index < -0.39 is 29.3 Å². The van der Waals surface area contributed by atoms with Crippen LogP contribution in [0.1, 0.15) is 54.9 Å². The van der Waals surface area contributed by atoms with Crippen molar-refractivity contribution < 1.29 is 27.5 Å². The van der Waals surface area contributed by atoms with Gasteiger partial charge in [0.05, 0.1) is 35.0 Å². The summed E-state index contributed by atoms with van der Waals surface area (Å²) in [4.78, 5) is 31.8. The topological polar surface area (TPSA) is 64.4 Å². The molecular formula is C30H27ClF3N3O3. The van der Waals surface area contributed by atoms with E-state index in [1.165, 1.54) is 24.0 Å². The lowest BCUT2D eigenvalue weighted by molar-refractivity contribution is -0.137. The van der Waals surface area contributed by atoms with Crippen molar-refractivity contribution in [1.29, 1.82) is 0 Å². The number of anilines is 1. The standard InChI is InChI=1S/C30H27ClF3N3O3/c1-19(38)36(25-15-12-21(28(39)40-2)18-23(25)30(32,33)34)29(16-6-3-7-17-29)37-26-9-5-4-8-24(26)35-27(37)20-10-13-22(31)14-11-20/h4-5,8-15,18H,3,6-7,16-17H2,1-2H3. The van der Waals surface area contributed by atoms with Crippen LogP contribution < -0.4 is 4.90 Å². The number of halogens is 4. The predicted octanol–water partition coefficient (Wildman–Crippen LogP) is 7.83. The zero-order chi connectivity index (χ0) is 28.7. The third-order valence-electron chi connectivity index (χ3n) is 7.43. The van der Waals surface area contributed by atoms with Crippen LogP contribution in [0.15, 0.2) is 66.7 Å². The van der Waals surface area contributed by atoms with Gasteiger partial charge in [-0.05, 0) is 80.3 Å². The van der Waals surface area contributed by atoms with Crippen molar-refractivity contribution in [2.24, 2.45) is 0 Å². The highest BCUT2D eigenvalue weighted by Crippen LogP contribution is 2.48. The Kier molecular flexibility index (Phi) is 7.35. The summed E-state index contributed by atoms with van der Waals surface area (Å²) in [5.41, 5.74) is -0.816. The first-order chi connectivity index (χ1) is 19.1. The number of nitrogens with zero attached hydrogens (tertiary/aromatic N) is 3. The molecule has 4 aromatic rings. The molecule has 1 aliphatic carbocycles. The van der Waals surface area contributed by atoms with Gasteiger partial charge in [-0.2, -0.15) is 13.2 Å². The van der Waals surface area contributed by atoms with Crippen LogP contribution in [0.25, 0.3) is 22.4 Å². The molecule has 1 aromatic heterocycles. The molecule has 5 rings (SSSR count). The van der Waals surface area contributed by atoms with Gasteiger partial charge < -0.3 is 4.74 Å². The number of alkyl halides is 3. The molecule has 1 aliphatic rings. The van der Waals surface area contributed by atoms with E-state index in [1.807, 2.05) is 28.8 Å². The Balaban J connectivity index is 1.84. The summed E-state index contributed by atoms with van der Waals surface area (Å²) in [6.45, 7) is 1.27. The van der Waals surface area contributed by atoms with Crippen LogP contribution >= 0.6 is 11.6 Å². The molecule has 1 heterocycles. The number of carbonyl (C=O) groups is 2. The first-order valence-corrected chi connectivity index (χ1v) is 13.3. The Morgan fingerprint density at radius 3 is 2.30 bits per heavy atom. The number of hydrogen-bond acceptors (Lipinski definition) is 4. The van der Waals surface area contributed by atoms with E-state index >= 15 is 0 Å². The van der Waals surface area contributed by atoms with Crippen molar-refractivity contribution in [2.75, 3.05) is 12.0 Å². The number of para-hydroxylation sites is 2. The number of rotatable bonds is 5. The molecule has 0 bridgehead atoms. The third kappa shape index (κ3) is 4.83. The fourth-order valence-corrected chi connectivity index (χ4v) is 5.92.